The summed E-state index contributed by atoms with van der Waals surface area (Å²) in [6.45, 7) is 0. The van der Waals surface area contributed by atoms with Crippen LogP contribution in [0.2, 0.25) is 0 Å². The van der Waals surface area contributed by atoms with Gasteiger partial charge >= 0.3 is 5.97 Å². The van der Waals surface area contributed by atoms with Gasteiger partial charge < -0.3 is 14.9 Å². The average molecular weight is 454 g/mol. The van der Waals surface area contributed by atoms with Crippen molar-refractivity contribution < 1.29 is 32.6 Å². The zero-order valence-electron chi connectivity index (χ0n) is 14.1. The van der Waals surface area contributed by atoms with Gasteiger partial charge in [-0.3, -0.25) is 0 Å². The molecule has 1 saturated carbocycles. The molecule has 2 unspecified atom stereocenters. The van der Waals surface area contributed by atoms with Crippen LogP contribution in [0.1, 0.15) is 32.1 Å². The molecule has 146 valence electrons. The molecular formula is C16H21BrFNO6S. The maximum Gasteiger partial charge on any atom is 0.334 e. The predicted octanol–water partition coefficient (Wildman–Crippen LogP) is 2.27. The summed E-state index contributed by atoms with van der Waals surface area (Å²) in [4.78, 5) is 10.5. The topological polar surface area (TPSA) is 113 Å². The van der Waals surface area contributed by atoms with E-state index in [1.165, 1.54) is 19.2 Å². The number of aliphatic hydroxyl groups excluding tert-OH is 1. The van der Waals surface area contributed by atoms with E-state index in [-0.39, 0.29) is 22.6 Å². The van der Waals surface area contributed by atoms with Crippen LogP contribution in [0, 0.1) is 11.7 Å². The second-order valence-electron chi connectivity index (χ2n) is 6.29. The quantitative estimate of drug-likeness (QED) is 0.556. The first kappa shape index (κ1) is 21.1. The van der Waals surface area contributed by atoms with Gasteiger partial charge in [0.2, 0.25) is 10.0 Å². The van der Waals surface area contributed by atoms with Gasteiger partial charge in [0.1, 0.15) is 4.90 Å². The predicted molar refractivity (Wildman–Crippen MR) is 95.0 cm³/mol. The van der Waals surface area contributed by atoms with Crippen LogP contribution in [0.15, 0.2) is 21.5 Å². The average Bonchev–Trinajstić information content (AvgIpc) is 3.06. The number of ether oxygens (including phenoxy) is 1. The highest BCUT2D eigenvalue weighted by molar-refractivity contribution is 9.10. The van der Waals surface area contributed by atoms with E-state index in [1.54, 1.807) is 0 Å². The van der Waals surface area contributed by atoms with Crippen LogP contribution in [0.5, 0.6) is 5.75 Å². The molecule has 0 spiro atoms. The maximum atomic E-state index is 14.5. The van der Waals surface area contributed by atoms with Gasteiger partial charge in [0.05, 0.1) is 13.2 Å². The zero-order chi connectivity index (χ0) is 19.5. The number of carbonyl (C=O) groups is 1. The Hall–Kier alpha value is -1.23. The van der Waals surface area contributed by atoms with Crippen molar-refractivity contribution in [2.75, 3.05) is 7.11 Å². The minimum absolute atomic E-state index is 0.0345. The van der Waals surface area contributed by atoms with Crippen molar-refractivity contribution in [3.8, 4) is 5.75 Å². The third-order valence-corrected chi connectivity index (χ3v) is 6.98. The molecule has 0 bridgehead atoms. The van der Waals surface area contributed by atoms with Crippen LogP contribution < -0.4 is 9.46 Å². The Morgan fingerprint density at radius 1 is 1.42 bits per heavy atom. The van der Waals surface area contributed by atoms with Gasteiger partial charge in [0.25, 0.3) is 0 Å². The van der Waals surface area contributed by atoms with Crippen LogP contribution in [-0.2, 0) is 14.8 Å². The largest absolute Gasteiger partial charge is 0.494 e. The molecule has 0 aromatic heterocycles. The number of carboxylic acids is 1. The minimum Gasteiger partial charge on any atom is -0.494 e. The molecule has 10 heteroatoms. The van der Waals surface area contributed by atoms with E-state index >= 15 is 0 Å². The molecule has 0 saturated heterocycles. The fraction of sp³-hybridized carbons (Fsp3) is 0.562. The number of carboxylic acid groups (broad SMARTS) is 1. The Morgan fingerprint density at radius 2 is 2.04 bits per heavy atom. The fourth-order valence-corrected chi connectivity index (χ4v) is 5.54. The Kier molecular flexibility index (Phi) is 7.00. The minimum atomic E-state index is -4.45. The summed E-state index contributed by atoms with van der Waals surface area (Å²) in [6, 6.07) is 1.31. The number of rotatable bonds is 8. The Balaban J connectivity index is 2.35. The van der Waals surface area contributed by atoms with Gasteiger partial charge in [-0.1, -0.05) is 25.7 Å². The summed E-state index contributed by atoms with van der Waals surface area (Å²) in [7, 11) is -3.25. The molecule has 1 aromatic carbocycles. The summed E-state index contributed by atoms with van der Waals surface area (Å²) in [5.41, 5.74) is 0. The van der Waals surface area contributed by atoms with Crippen molar-refractivity contribution in [3.63, 3.8) is 0 Å². The van der Waals surface area contributed by atoms with Crippen molar-refractivity contribution in [3.05, 3.63) is 22.4 Å². The Morgan fingerprint density at radius 3 is 2.58 bits per heavy atom. The molecule has 3 N–H and O–H groups in total. The molecule has 0 heterocycles. The van der Waals surface area contributed by atoms with Crippen LogP contribution in [0.4, 0.5) is 4.39 Å². The number of aliphatic carboxylic acids is 1. The van der Waals surface area contributed by atoms with Gasteiger partial charge in [-0.25, -0.2) is 22.3 Å². The molecule has 1 aliphatic rings. The van der Waals surface area contributed by atoms with E-state index in [0.29, 0.717) is 0 Å². The number of hydrogen-bond acceptors (Lipinski definition) is 5. The molecule has 0 aliphatic heterocycles. The summed E-state index contributed by atoms with van der Waals surface area (Å²) >= 11 is 3.00. The first-order chi connectivity index (χ1) is 12.2. The highest BCUT2D eigenvalue weighted by atomic mass is 79.9. The monoisotopic (exact) mass is 453 g/mol. The lowest BCUT2D eigenvalue weighted by molar-refractivity contribution is -0.148. The van der Waals surface area contributed by atoms with Gasteiger partial charge in [-0.05, 0) is 40.4 Å². The molecule has 1 aromatic rings. The fourth-order valence-electron chi connectivity index (χ4n) is 3.20. The van der Waals surface area contributed by atoms with Crippen molar-refractivity contribution in [2.45, 2.75) is 49.1 Å². The van der Waals surface area contributed by atoms with Crippen LogP contribution in [0.25, 0.3) is 0 Å². The second-order valence-corrected chi connectivity index (χ2v) is 8.79. The Labute approximate surface area is 159 Å². The summed E-state index contributed by atoms with van der Waals surface area (Å²) in [6.07, 6.45) is 1.85. The first-order valence-electron chi connectivity index (χ1n) is 8.12. The van der Waals surface area contributed by atoms with E-state index in [2.05, 4.69) is 20.7 Å². The van der Waals surface area contributed by atoms with Crippen molar-refractivity contribution in [2.24, 2.45) is 5.92 Å². The SMILES string of the molecule is COc1ccc(Br)c(S(=O)(=O)NC(CC2CCCC2)C(O)C(=O)O)c1F. The van der Waals surface area contributed by atoms with Crippen LogP contribution in [0.3, 0.4) is 0 Å². The molecule has 1 aliphatic carbocycles. The third-order valence-electron chi connectivity index (χ3n) is 4.50. The van der Waals surface area contributed by atoms with E-state index < -0.39 is 38.9 Å². The number of hydrogen-bond donors (Lipinski definition) is 3. The molecular weight excluding hydrogens is 433 g/mol. The lowest BCUT2D eigenvalue weighted by atomic mass is 9.96. The van der Waals surface area contributed by atoms with E-state index in [9.17, 15) is 22.7 Å². The zero-order valence-corrected chi connectivity index (χ0v) is 16.5. The summed E-state index contributed by atoms with van der Waals surface area (Å²) < 4.78 is 46.9. The van der Waals surface area contributed by atoms with E-state index in [4.69, 9.17) is 9.84 Å². The molecule has 0 amide bonds. The molecule has 2 rings (SSSR count). The number of nitrogens with one attached hydrogen (secondary N) is 1. The first-order valence-corrected chi connectivity index (χ1v) is 10.4. The standard InChI is InChI=1S/C16H21BrFNO6S/c1-25-12-7-6-10(17)15(13(12)18)26(23,24)19-11(14(20)16(21)22)8-9-4-2-3-5-9/h6-7,9,11,14,19-20H,2-5,8H2,1H3,(H,21,22). The number of halogens is 2. The van der Waals surface area contributed by atoms with Crippen LogP contribution in [-0.4, -0.2) is 43.9 Å². The van der Waals surface area contributed by atoms with Gasteiger partial charge in [-0.15, -0.1) is 0 Å². The maximum absolute atomic E-state index is 14.5. The number of benzene rings is 1. The number of methoxy groups -OCH3 is 1. The van der Waals surface area contributed by atoms with E-state index in [1.807, 2.05) is 0 Å². The van der Waals surface area contributed by atoms with Crippen LogP contribution >= 0.6 is 15.9 Å². The smallest absolute Gasteiger partial charge is 0.334 e. The second kappa shape index (κ2) is 8.64. The van der Waals surface area contributed by atoms with Crippen molar-refractivity contribution in [1.29, 1.82) is 0 Å². The number of aliphatic hydroxyl groups is 1. The van der Waals surface area contributed by atoms with Gasteiger partial charge in [0, 0.05) is 4.47 Å². The van der Waals surface area contributed by atoms with Gasteiger partial charge in [0.15, 0.2) is 17.7 Å². The Bertz CT molecular complexity index is 766. The third kappa shape index (κ3) is 4.73. The summed E-state index contributed by atoms with van der Waals surface area (Å²) in [5, 5.41) is 19.0. The molecule has 1 fully saturated rings. The lowest BCUT2D eigenvalue weighted by Gasteiger charge is -2.24. The summed E-state index contributed by atoms with van der Waals surface area (Å²) in [5.74, 6) is -2.80. The normalized spacial score (nSPS) is 17.8. The van der Waals surface area contributed by atoms with Crippen molar-refractivity contribution in [1.82, 2.24) is 4.72 Å². The molecule has 0 radical (unpaired) electrons. The van der Waals surface area contributed by atoms with Gasteiger partial charge in [-0.2, -0.15) is 0 Å². The molecule has 2 atom stereocenters. The van der Waals surface area contributed by atoms with Crippen molar-refractivity contribution >= 4 is 31.9 Å². The van der Waals surface area contributed by atoms with E-state index in [0.717, 1.165) is 25.7 Å². The number of sulfonamides is 1. The highest BCUT2D eigenvalue weighted by Gasteiger charge is 2.35. The molecule has 7 nitrogen and oxygen atoms in total. The highest BCUT2D eigenvalue weighted by Crippen LogP contribution is 2.33. The lowest BCUT2D eigenvalue weighted by Crippen LogP contribution is -2.48. The molecule has 26 heavy (non-hydrogen) atoms.